The lowest BCUT2D eigenvalue weighted by Crippen LogP contribution is -2.45. The zero-order valence-corrected chi connectivity index (χ0v) is 21.4. The number of fused-ring (bicyclic) bond motifs is 2. The first-order chi connectivity index (χ1) is 18.0. The molecular formula is C28H28N4O4S. The summed E-state index contributed by atoms with van der Waals surface area (Å²) in [4.78, 5) is 34.0. The van der Waals surface area contributed by atoms with Gasteiger partial charge in [0.2, 0.25) is 17.8 Å². The number of aliphatic imine (C=N–C) groups is 1. The van der Waals surface area contributed by atoms with Crippen molar-refractivity contribution >= 4 is 40.5 Å². The Labute approximate surface area is 221 Å². The molecule has 2 aromatic rings. The average Bonchev–Trinajstić information content (AvgIpc) is 3.38. The predicted molar refractivity (Wildman–Crippen MR) is 145 cm³/mol. The number of thiocarbonyl (C=S) groups is 1. The molecule has 1 fully saturated rings. The van der Waals surface area contributed by atoms with Crippen LogP contribution >= 0.6 is 12.2 Å². The maximum absolute atomic E-state index is 13.2. The molecule has 0 spiro atoms. The third kappa shape index (κ3) is 5.41. The van der Waals surface area contributed by atoms with Crippen LogP contribution in [0, 0.1) is 5.92 Å². The van der Waals surface area contributed by atoms with Crippen LogP contribution in [-0.2, 0) is 20.8 Å². The number of rotatable bonds is 9. The van der Waals surface area contributed by atoms with Crippen molar-refractivity contribution in [3.63, 3.8) is 0 Å². The van der Waals surface area contributed by atoms with E-state index in [0.717, 1.165) is 25.1 Å². The molecule has 2 heterocycles. The minimum atomic E-state index is -0.553. The minimum absolute atomic E-state index is 0.122. The third-order valence-corrected chi connectivity index (χ3v) is 6.84. The summed E-state index contributed by atoms with van der Waals surface area (Å²) in [6.45, 7) is 4.89. The Kier molecular flexibility index (Phi) is 7.32. The highest BCUT2D eigenvalue weighted by Crippen LogP contribution is 2.31. The summed E-state index contributed by atoms with van der Waals surface area (Å²) in [7, 11) is 0. The molecule has 3 aliphatic rings. The van der Waals surface area contributed by atoms with Crippen molar-refractivity contribution in [2.24, 2.45) is 10.9 Å². The van der Waals surface area contributed by atoms with Crippen molar-refractivity contribution in [3.05, 3.63) is 89.4 Å². The number of para-hydroxylation sites is 1. The first-order valence-corrected chi connectivity index (χ1v) is 12.7. The molecule has 5 rings (SSSR count). The fourth-order valence-corrected chi connectivity index (χ4v) is 4.77. The van der Waals surface area contributed by atoms with Gasteiger partial charge in [-0.3, -0.25) is 14.5 Å². The summed E-state index contributed by atoms with van der Waals surface area (Å²) < 4.78 is 10.8. The van der Waals surface area contributed by atoms with Gasteiger partial charge in [0, 0.05) is 37.0 Å². The van der Waals surface area contributed by atoms with Crippen LogP contribution in [0.2, 0.25) is 0 Å². The van der Waals surface area contributed by atoms with E-state index < -0.39 is 5.92 Å². The quantitative estimate of drug-likeness (QED) is 0.403. The van der Waals surface area contributed by atoms with Crippen LogP contribution in [0.3, 0.4) is 0 Å². The normalized spacial score (nSPS) is 18.0. The fourth-order valence-electron chi connectivity index (χ4n) is 4.51. The molecule has 2 amide bonds. The van der Waals surface area contributed by atoms with E-state index >= 15 is 0 Å². The maximum Gasteiger partial charge on any atom is 0.251 e. The molecule has 1 N–H and O–H groups in total. The summed E-state index contributed by atoms with van der Waals surface area (Å²) in [5.74, 6) is 0.299. The van der Waals surface area contributed by atoms with Gasteiger partial charge in [0.25, 0.3) is 5.91 Å². The van der Waals surface area contributed by atoms with Gasteiger partial charge < -0.3 is 19.7 Å². The second kappa shape index (κ2) is 11.0. The fraction of sp³-hybridized carbons (Fsp3) is 0.286. The van der Waals surface area contributed by atoms with Crippen LogP contribution in [0.1, 0.15) is 29.3 Å². The third-order valence-electron chi connectivity index (χ3n) is 6.53. The van der Waals surface area contributed by atoms with Crippen LogP contribution < -0.4 is 10.2 Å². The molecule has 37 heavy (non-hydrogen) atoms. The molecule has 0 saturated carbocycles. The molecule has 1 aliphatic carbocycles. The number of carbonyl (C=O) groups excluding carboxylic acids is 2. The Bertz CT molecular complexity index is 1290. The van der Waals surface area contributed by atoms with Crippen LogP contribution in [0.4, 0.5) is 5.69 Å². The van der Waals surface area contributed by atoms with E-state index in [-0.39, 0.29) is 30.3 Å². The predicted octanol–water partition coefficient (Wildman–Crippen LogP) is 3.80. The minimum Gasteiger partial charge on any atom is -0.454 e. The molecule has 0 aromatic heterocycles. The molecule has 2 aromatic carbocycles. The first kappa shape index (κ1) is 24.7. The first-order valence-electron chi connectivity index (χ1n) is 12.3. The van der Waals surface area contributed by atoms with E-state index in [1.807, 2.05) is 30.3 Å². The van der Waals surface area contributed by atoms with Crippen LogP contribution in [0.15, 0.2) is 83.3 Å². The van der Waals surface area contributed by atoms with E-state index in [9.17, 15) is 9.59 Å². The topological polar surface area (TPSA) is 83.5 Å². The van der Waals surface area contributed by atoms with E-state index in [1.165, 1.54) is 10.6 Å². The molecule has 1 saturated heterocycles. The number of allylic oxidation sites excluding steroid dienone is 1. The Balaban J connectivity index is 1.14. The average molecular weight is 517 g/mol. The van der Waals surface area contributed by atoms with E-state index in [2.05, 4.69) is 34.3 Å². The van der Waals surface area contributed by atoms with Gasteiger partial charge in [-0.15, -0.1) is 0 Å². The standard InChI is InChI=1S/C28H28N4O4S/c1-2-31(21-7-4-3-5-8-21)14-6-13-29-26(33)20-11-9-19(10-12-20)17-32-27(34)22-15-24-25(36-18-35-24)16-23(22)30-28(32)37/h3-5,7-12,15-16,22H,2,6,13-14,17-18H2,1H3,(H,29,33). The Morgan fingerprint density at radius 1 is 1.14 bits per heavy atom. The van der Waals surface area contributed by atoms with Gasteiger partial charge in [-0.05, 0) is 61.5 Å². The maximum atomic E-state index is 13.2. The molecule has 1 unspecified atom stereocenters. The summed E-state index contributed by atoms with van der Waals surface area (Å²) in [5, 5.41) is 3.20. The van der Waals surface area contributed by atoms with Crippen molar-refractivity contribution < 1.29 is 19.1 Å². The van der Waals surface area contributed by atoms with Crippen LogP contribution in [0.25, 0.3) is 0 Å². The van der Waals surface area contributed by atoms with Gasteiger partial charge in [0.1, 0.15) is 5.92 Å². The Hall–Kier alpha value is -3.98. The molecule has 190 valence electrons. The summed E-state index contributed by atoms with van der Waals surface area (Å²) in [5.41, 5.74) is 3.17. The van der Waals surface area contributed by atoms with E-state index in [4.69, 9.17) is 21.7 Å². The number of carbonyl (C=O) groups is 2. The number of ether oxygens (including phenoxy) is 2. The molecular weight excluding hydrogens is 488 g/mol. The second-order valence-corrected chi connectivity index (χ2v) is 9.25. The largest absolute Gasteiger partial charge is 0.454 e. The molecule has 0 radical (unpaired) electrons. The van der Waals surface area contributed by atoms with Crippen molar-refractivity contribution in [1.82, 2.24) is 10.2 Å². The molecule has 8 nitrogen and oxygen atoms in total. The molecule has 9 heteroatoms. The van der Waals surface area contributed by atoms with Crippen LogP contribution in [0.5, 0.6) is 0 Å². The van der Waals surface area contributed by atoms with Gasteiger partial charge in [0.05, 0.1) is 12.3 Å². The number of anilines is 1. The summed E-state index contributed by atoms with van der Waals surface area (Å²) >= 11 is 5.40. The zero-order valence-electron chi connectivity index (χ0n) is 20.6. The highest BCUT2D eigenvalue weighted by Gasteiger charge is 2.38. The lowest BCUT2D eigenvalue weighted by atomic mass is 9.93. The molecule has 0 bridgehead atoms. The van der Waals surface area contributed by atoms with E-state index in [1.54, 1.807) is 24.3 Å². The highest BCUT2D eigenvalue weighted by atomic mass is 32.1. The van der Waals surface area contributed by atoms with Gasteiger partial charge in [-0.2, -0.15) is 0 Å². The van der Waals surface area contributed by atoms with Crippen LogP contribution in [-0.4, -0.2) is 54.0 Å². The number of amides is 2. The van der Waals surface area contributed by atoms with Crippen molar-refractivity contribution in [3.8, 4) is 0 Å². The summed E-state index contributed by atoms with van der Waals surface area (Å²) in [6, 6.07) is 17.5. The second-order valence-electron chi connectivity index (χ2n) is 8.89. The molecule has 2 aliphatic heterocycles. The number of hydrogen-bond acceptors (Lipinski definition) is 6. The number of hydrogen-bond donors (Lipinski definition) is 1. The highest BCUT2D eigenvalue weighted by molar-refractivity contribution is 7.80. The lowest BCUT2D eigenvalue weighted by Gasteiger charge is -2.30. The monoisotopic (exact) mass is 516 g/mol. The molecule has 1 atom stereocenters. The van der Waals surface area contributed by atoms with Gasteiger partial charge >= 0.3 is 0 Å². The SMILES string of the molecule is CCN(CCCNC(=O)c1ccc(CN2C(=O)C3C=C4OCOC4=CC3=NC2=S)cc1)c1ccccc1. The number of nitrogens with zero attached hydrogens (tertiary/aromatic N) is 3. The smallest absolute Gasteiger partial charge is 0.251 e. The van der Waals surface area contributed by atoms with Crippen molar-refractivity contribution in [1.29, 1.82) is 0 Å². The Morgan fingerprint density at radius 3 is 2.65 bits per heavy atom. The lowest BCUT2D eigenvalue weighted by molar-refractivity contribution is -0.129. The number of nitrogens with one attached hydrogen (secondary N) is 1. The van der Waals surface area contributed by atoms with Gasteiger partial charge in [-0.25, -0.2) is 4.99 Å². The number of benzene rings is 2. The van der Waals surface area contributed by atoms with Gasteiger partial charge in [-0.1, -0.05) is 30.3 Å². The van der Waals surface area contributed by atoms with E-state index in [0.29, 0.717) is 29.3 Å². The summed E-state index contributed by atoms with van der Waals surface area (Å²) in [6.07, 6.45) is 4.28. The zero-order chi connectivity index (χ0) is 25.8. The Morgan fingerprint density at radius 2 is 1.89 bits per heavy atom. The van der Waals surface area contributed by atoms with Crippen molar-refractivity contribution in [2.75, 3.05) is 31.3 Å². The van der Waals surface area contributed by atoms with Crippen molar-refractivity contribution in [2.45, 2.75) is 19.9 Å². The van der Waals surface area contributed by atoms with Gasteiger partial charge in [0.15, 0.2) is 11.5 Å².